The van der Waals surface area contributed by atoms with Crippen molar-refractivity contribution in [2.24, 2.45) is 0 Å². The minimum absolute atomic E-state index is 0.377. The fourth-order valence-electron chi connectivity index (χ4n) is 3.38. The predicted molar refractivity (Wildman–Crippen MR) is 85.4 cm³/mol. The van der Waals surface area contributed by atoms with Gasteiger partial charge in [-0.15, -0.1) is 0 Å². The van der Waals surface area contributed by atoms with Crippen LogP contribution < -0.4 is 5.32 Å². The Hall–Kier alpha value is -1.55. The number of aromatic nitrogens is 3. The number of rotatable bonds is 6. The SMILES string of the molecule is CCNC(C)c1cccn1Cc1ccn(C2CCCC2)n1. The molecule has 0 spiro atoms. The first kappa shape index (κ1) is 14.4. The predicted octanol–water partition coefficient (Wildman–Crippen LogP) is 3.52. The van der Waals surface area contributed by atoms with Crippen molar-refractivity contribution in [3.05, 3.63) is 42.0 Å². The zero-order valence-electron chi connectivity index (χ0n) is 13.1. The number of hydrogen-bond acceptors (Lipinski definition) is 2. The van der Waals surface area contributed by atoms with Crippen molar-refractivity contribution in [2.45, 2.75) is 58.2 Å². The Bertz CT molecular complexity index is 563. The molecular weight excluding hydrogens is 260 g/mol. The Morgan fingerprint density at radius 3 is 2.86 bits per heavy atom. The van der Waals surface area contributed by atoms with E-state index in [4.69, 9.17) is 5.10 Å². The van der Waals surface area contributed by atoms with Crippen LogP contribution in [-0.2, 0) is 6.54 Å². The monoisotopic (exact) mass is 286 g/mol. The van der Waals surface area contributed by atoms with Gasteiger partial charge in [-0.3, -0.25) is 4.68 Å². The van der Waals surface area contributed by atoms with Crippen LogP contribution in [0.25, 0.3) is 0 Å². The molecule has 0 aliphatic heterocycles. The van der Waals surface area contributed by atoms with E-state index in [1.54, 1.807) is 0 Å². The summed E-state index contributed by atoms with van der Waals surface area (Å²) in [6.45, 7) is 6.21. The van der Waals surface area contributed by atoms with Crippen molar-refractivity contribution in [1.29, 1.82) is 0 Å². The summed E-state index contributed by atoms with van der Waals surface area (Å²) in [5.74, 6) is 0. The molecule has 2 aromatic rings. The lowest BCUT2D eigenvalue weighted by Gasteiger charge is -2.15. The van der Waals surface area contributed by atoms with E-state index in [9.17, 15) is 0 Å². The summed E-state index contributed by atoms with van der Waals surface area (Å²) in [5.41, 5.74) is 2.48. The van der Waals surface area contributed by atoms with Crippen LogP contribution in [0.15, 0.2) is 30.6 Å². The minimum Gasteiger partial charge on any atom is -0.344 e. The fraction of sp³-hybridized carbons (Fsp3) is 0.588. The topological polar surface area (TPSA) is 34.8 Å². The summed E-state index contributed by atoms with van der Waals surface area (Å²) in [7, 11) is 0. The van der Waals surface area contributed by atoms with Crippen LogP contribution in [0.4, 0.5) is 0 Å². The van der Waals surface area contributed by atoms with Gasteiger partial charge >= 0.3 is 0 Å². The third kappa shape index (κ3) is 3.21. The maximum absolute atomic E-state index is 4.79. The van der Waals surface area contributed by atoms with Crippen molar-refractivity contribution in [1.82, 2.24) is 19.7 Å². The van der Waals surface area contributed by atoms with Gasteiger partial charge in [0.1, 0.15) is 0 Å². The zero-order chi connectivity index (χ0) is 14.7. The van der Waals surface area contributed by atoms with Gasteiger partial charge in [-0.2, -0.15) is 5.10 Å². The molecule has 1 aliphatic rings. The Morgan fingerprint density at radius 2 is 2.10 bits per heavy atom. The quantitative estimate of drug-likeness (QED) is 0.881. The Balaban J connectivity index is 1.70. The van der Waals surface area contributed by atoms with Gasteiger partial charge in [0.2, 0.25) is 0 Å². The molecule has 1 N–H and O–H groups in total. The molecule has 21 heavy (non-hydrogen) atoms. The third-order valence-corrected chi connectivity index (χ3v) is 4.51. The van der Waals surface area contributed by atoms with E-state index in [1.807, 2.05) is 0 Å². The largest absolute Gasteiger partial charge is 0.344 e. The van der Waals surface area contributed by atoms with Crippen LogP contribution in [0.3, 0.4) is 0 Å². The van der Waals surface area contributed by atoms with Gasteiger partial charge in [0.15, 0.2) is 0 Å². The van der Waals surface area contributed by atoms with E-state index in [0.717, 1.165) is 18.8 Å². The highest BCUT2D eigenvalue weighted by Gasteiger charge is 2.18. The summed E-state index contributed by atoms with van der Waals surface area (Å²) >= 11 is 0. The molecule has 1 unspecified atom stereocenters. The summed E-state index contributed by atoms with van der Waals surface area (Å²) < 4.78 is 4.48. The first-order valence-electron chi connectivity index (χ1n) is 8.20. The van der Waals surface area contributed by atoms with E-state index in [-0.39, 0.29) is 0 Å². The second kappa shape index (κ2) is 6.48. The molecule has 0 saturated heterocycles. The fourth-order valence-corrected chi connectivity index (χ4v) is 3.38. The molecule has 2 heterocycles. The highest BCUT2D eigenvalue weighted by atomic mass is 15.3. The molecule has 2 aromatic heterocycles. The van der Waals surface area contributed by atoms with Crippen LogP contribution in [0.2, 0.25) is 0 Å². The van der Waals surface area contributed by atoms with Gasteiger partial charge in [0, 0.05) is 24.1 Å². The average Bonchev–Trinajstić information content (AvgIpc) is 3.20. The van der Waals surface area contributed by atoms with Gasteiger partial charge < -0.3 is 9.88 Å². The summed E-state index contributed by atoms with van der Waals surface area (Å²) in [6, 6.07) is 7.49. The zero-order valence-corrected chi connectivity index (χ0v) is 13.1. The van der Waals surface area contributed by atoms with Gasteiger partial charge in [0.25, 0.3) is 0 Å². The van der Waals surface area contributed by atoms with E-state index < -0.39 is 0 Å². The molecule has 0 radical (unpaired) electrons. The summed E-state index contributed by atoms with van der Waals surface area (Å²) in [5, 5.41) is 8.27. The lowest BCUT2D eigenvalue weighted by molar-refractivity contribution is 0.460. The van der Waals surface area contributed by atoms with E-state index >= 15 is 0 Å². The summed E-state index contributed by atoms with van der Waals surface area (Å²) in [4.78, 5) is 0. The third-order valence-electron chi connectivity index (χ3n) is 4.51. The molecule has 1 fully saturated rings. The number of nitrogens with zero attached hydrogens (tertiary/aromatic N) is 3. The van der Waals surface area contributed by atoms with Crippen LogP contribution in [-0.4, -0.2) is 20.9 Å². The van der Waals surface area contributed by atoms with E-state index in [0.29, 0.717) is 12.1 Å². The van der Waals surface area contributed by atoms with Crippen molar-refractivity contribution in [3.8, 4) is 0 Å². The molecule has 4 nitrogen and oxygen atoms in total. The maximum Gasteiger partial charge on any atom is 0.0821 e. The second-order valence-electron chi connectivity index (χ2n) is 6.07. The van der Waals surface area contributed by atoms with Crippen LogP contribution in [0.1, 0.15) is 63.0 Å². The van der Waals surface area contributed by atoms with Crippen molar-refractivity contribution in [2.75, 3.05) is 6.54 Å². The normalized spacial score (nSPS) is 17.4. The smallest absolute Gasteiger partial charge is 0.0821 e. The van der Waals surface area contributed by atoms with Gasteiger partial charge in [-0.25, -0.2) is 0 Å². The highest BCUT2D eigenvalue weighted by molar-refractivity contribution is 5.14. The van der Waals surface area contributed by atoms with Crippen LogP contribution in [0, 0.1) is 0 Å². The van der Waals surface area contributed by atoms with E-state index in [1.165, 1.54) is 31.4 Å². The molecule has 0 bridgehead atoms. The highest BCUT2D eigenvalue weighted by Crippen LogP contribution is 2.28. The van der Waals surface area contributed by atoms with Crippen molar-refractivity contribution >= 4 is 0 Å². The van der Waals surface area contributed by atoms with Crippen molar-refractivity contribution in [3.63, 3.8) is 0 Å². The van der Waals surface area contributed by atoms with Gasteiger partial charge in [0.05, 0.1) is 18.3 Å². The van der Waals surface area contributed by atoms with E-state index in [2.05, 4.69) is 59.0 Å². The average molecular weight is 286 g/mol. The standard InChI is InChI=1S/C17H26N4/c1-3-18-14(2)17-9-6-11-20(17)13-15-10-12-21(19-15)16-7-4-5-8-16/h6,9-12,14,16,18H,3-5,7-8,13H2,1-2H3. The Labute approximate surface area is 127 Å². The molecule has 4 heteroatoms. The maximum atomic E-state index is 4.79. The molecule has 1 atom stereocenters. The molecule has 1 aliphatic carbocycles. The molecule has 1 saturated carbocycles. The lowest BCUT2D eigenvalue weighted by atomic mass is 10.2. The molecule has 0 amide bonds. The number of hydrogen-bond donors (Lipinski definition) is 1. The Kier molecular flexibility index (Phi) is 4.44. The van der Waals surface area contributed by atoms with Gasteiger partial charge in [-0.05, 0) is 44.5 Å². The first-order valence-corrected chi connectivity index (χ1v) is 8.20. The summed E-state index contributed by atoms with van der Waals surface area (Å²) in [6.07, 6.45) is 9.57. The number of nitrogens with one attached hydrogen (secondary N) is 1. The first-order chi connectivity index (χ1) is 10.3. The molecule has 114 valence electrons. The molecule has 3 rings (SSSR count). The van der Waals surface area contributed by atoms with Crippen LogP contribution in [0.5, 0.6) is 0 Å². The second-order valence-corrected chi connectivity index (χ2v) is 6.07. The molecule has 0 aromatic carbocycles. The van der Waals surface area contributed by atoms with Gasteiger partial charge in [-0.1, -0.05) is 19.8 Å². The van der Waals surface area contributed by atoms with Crippen LogP contribution >= 0.6 is 0 Å². The Morgan fingerprint density at radius 1 is 1.29 bits per heavy atom. The molecular formula is C17H26N4. The lowest BCUT2D eigenvalue weighted by Crippen LogP contribution is -2.21. The minimum atomic E-state index is 0.377. The van der Waals surface area contributed by atoms with Crippen molar-refractivity contribution < 1.29 is 0 Å².